The van der Waals surface area contributed by atoms with Gasteiger partial charge in [-0.1, -0.05) is 38.3 Å². The van der Waals surface area contributed by atoms with Crippen LogP contribution in [0.2, 0.25) is 0 Å². The van der Waals surface area contributed by atoms with Gasteiger partial charge in [-0.3, -0.25) is 4.79 Å². The fraction of sp³-hybridized carbons (Fsp3) is 0.462. The van der Waals surface area contributed by atoms with Crippen LogP contribution in [-0.4, -0.2) is 48.5 Å². The first-order valence-corrected chi connectivity index (χ1v) is 12.9. The molecule has 0 radical (unpaired) electrons. The molecule has 1 saturated carbocycles. The average Bonchev–Trinajstić information content (AvgIpc) is 3.33. The lowest BCUT2D eigenvalue weighted by molar-refractivity contribution is -0.120. The number of rotatable bonds is 5. The number of carbonyl (C=O) groups is 1. The molecule has 3 aromatic rings. The van der Waals surface area contributed by atoms with Crippen molar-refractivity contribution in [2.24, 2.45) is 5.92 Å². The maximum absolute atomic E-state index is 12.6. The van der Waals surface area contributed by atoms with E-state index in [-0.39, 0.29) is 36.6 Å². The van der Waals surface area contributed by atoms with Crippen molar-refractivity contribution in [2.75, 3.05) is 42.9 Å². The van der Waals surface area contributed by atoms with Gasteiger partial charge in [-0.15, -0.1) is 36.2 Å². The quantitative estimate of drug-likeness (QED) is 0.418. The van der Waals surface area contributed by atoms with E-state index < -0.39 is 0 Å². The topological polar surface area (TPSA) is 48.5 Å². The molecule has 1 amide bonds. The van der Waals surface area contributed by atoms with Gasteiger partial charge >= 0.3 is 0 Å². The predicted molar refractivity (Wildman–Crippen MR) is 149 cm³/mol. The van der Waals surface area contributed by atoms with Crippen molar-refractivity contribution >= 4 is 63.6 Å². The number of fused-ring (bicyclic) bond motifs is 1. The van der Waals surface area contributed by atoms with Gasteiger partial charge in [0.1, 0.15) is 5.82 Å². The first kappa shape index (κ1) is 26.7. The molecule has 2 fully saturated rings. The fourth-order valence-corrected chi connectivity index (χ4v) is 5.82. The van der Waals surface area contributed by atoms with Crippen molar-refractivity contribution in [3.8, 4) is 11.3 Å². The number of halogens is 2. The molecule has 3 heterocycles. The number of thiophene rings is 1. The summed E-state index contributed by atoms with van der Waals surface area (Å²) in [5.41, 5.74) is 2.95. The number of nitrogens with zero attached hydrogens (tertiary/aromatic N) is 3. The Morgan fingerprint density at radius 1 is 1.03 bits per heavy atom. The van der Waals surface area contributed by atoms with Crippen LogP contribution < -0.4 is 10.2 Å². The second kappa shape index (κ2) is 12.2. The zero-order chi connectivity index (χ0) is 21.9. The first-order valence-electron chi connectivity index (χ1n) is 12.0. The largest absolute Gasteiger partial charge is 0.353 e. The lowest BCUT2D eigenvalue weighted by Gasteiger charge is -2.35. The zero-order valence-electron chi connectivity index (χ0n) is 19.7. The average molecular weight is 522 g/mol. The summed E-state index contributed by atoms with van der Waals surface area (Å²) in [7, 11) is 0. The number of hydrogen-bond donors (Lipinski definition) is 1. The van der Waals surface area contributed by atoms with Crippen molar-refractivity contribution in [1.29, 1.82) is 0 Å². The summed E-state index contributed by atoms with van der Waals surface area (Å²) in [6, 6.07) is 12.6. The van der Waals surface area contributed by atoms with Gasteiger partial charge in [-0.05, 0) is 54.4 Å². The predicted octanol–water partition coefficient (Wildman–Crippen LogP) is 6.47. The third kappa shape index (κ3) is 5.85. The monoisotopic (exact) mass is 520 g/mol. The van der Waals surface area contributed by atoms with Gasteiger partial charge in [-0.2, -0.15) is 0 Å². The number of anilines is 2. The minimum atomic E-state index is 0. The number of likely N-dealkylation sites (N-methyl/N-ethyl adjacent to an activating group) is 1. The summed E-state index contributed by atoms with van der Waals surface area (Å²) in [5.74, 6) is 1.45. The Labute approximate surface area is 218 Å². The number of benzene rings is 1. The molecule has 2 aliphatic rings. The molecule has 1 aliphatic heterocycles. The SMILES string of the molecule is CCN1CCN(c2nc(-c3ccc(NC(=O)C4CCCCC4)cc3)cc3ccsc23)CC1.Cl.Cl. The third-order valence-electron chi connectivity index (χ3n) is 6.96. The minimum absolute atomic E-state index is 0. The molecule has 34 heavy (non-hydrogen) atoms. The Bertz CT molecular complexity index is 1070. The molecule has 1 aromatic carbocycles. The van der Waals surface area contributed by atoms with Gasteiger partial charge in [0.05, 0.1) is 10.4 Å². The molecule has 5 nitrogen and oxygen atoms in total. The van der Waals surface area contributed by atoms with Crippen LogP contribution in [-0.2, 0) is 4.79 Å². The molecule has 8 heteroatoms. The molecule has 1 saturated heterocycles. The maximum atomic E-state index is 12.6. The highest BCUT2D eigenvalue weighted by atomic mass is 35.5. The van der Waals surface area contributed by atoms with Crippen LogP contribution in [0.5, 0.6) is 0 Å². The molecule has 2 aromatic heterocycles. The van der Waals surface area contributed by atoms with E-state index in [1.54, 1.807) is 11.3 Å². The maximum Gasteiger partial charge on any atom is 0.227 e. The van der Waals surface area contributed by atoms with Crippen LogP contribution >= 0.6 is 36.2 Å². The minimum Gasteiger partial charge on any atom is -0.353 e. The highest BCUT2D eigenvalue weighted by molar-refractivity contribution is 7.17. The lowest BCUT2D eigenvalue weighted by atomic mass is 9.88. The van der Waals surface area contributed by atoms with Crippen molar-refractivity contribution in [1.82, 2.24) is 9.88 Å². The molecule has 1 N–H and O–H groups in total. The van der Waals surface area contributed by atoms with Gasteiger partial charge in [0.2, 0.25) is 5.91 Å². The number of amides is 1. The number of aromatic nitrogens is 1. The van der Waals surface area contributed by atoms with Crippen LogP contribution in [0.3, 0.4) is 0 Å². The van der Waals surface area contributed by atoms with E-state index in [0.29, 0.717) is 0 Å². The van der Waals surface area contributed by atoms with Gasteiger partial charge in [-0.25, -0.2) is 4.98 Å². The van der Waals surface area contributed by atoms with E-state index in [1.807, 2.05) is 12.1 Å². The summed E-state index contributed by atoms with van der Waals surface area (Å²) in [4.78, 5) is 22.6. The van der Waals surface area contributed by atoms with Gasteiger partial charge in [0.15, 0.2) is 0 Å². The molecule has 0 spiro atoms. The Hall–Kier alpha value is -1.86. The second-order valence-corrected chi connectivity index (χ2v) is 9.91. The Morgan fingerprint density at radius 2 is 1.74 bits per heavy atom. The molecule has 0 bridgehead atoms. The molecule has 0 unspecified atom stereocenters. The standard InChI is InChI=1S/C26H32N4OS.2ClH/c1-2-29-13-15-30(16-14-29)25-24-21(12-17-32-24)18-23(28-25)19-8-10-22(11-9-19)27-26(31)20-6-4-3-5-7-20;;/h8-12,17-18,20H,2-7,13-16H2,1H3,(H,27,31);2*1H. The summed E-state index contributed by atoms with van der Waals surface area (Å²) in [6.45, 7) is 7.55. The van der Waals surface area contributed by atoms with E-state index in [0.717, 1.165) is 68.3 Å². The normalized spacial score (nSPS) is 17.1. The number of hydrogen-bond acceptors (Lipinski definition) is 5. The zero-order valence-corrected chi connectivity index (χ0v) is 22.1. The molecular formula is C26H34Cl2N4OS. The summed E-state index contributed by atoms with van der Waals surface area (Å²) in [5, 5.41) is 6.53. The molecule has 1 aliphatic carbocycles. The summed E-state index contributed by atoms with van der Waals surface area (Å²) >= 11 is 1.78. The second-order valence-electron chi connectivity index (χ2n) is 8.99. The number of carbonyl (C=O) groups excluding carboxylic acids is 1. The fourth-order valence-electron chi connectivity index (χ4n) is 4.93. The smallest absolute Gasteiger partial charge is 0.227 e. The number of pyridine rings is 1. The van der Waals surface area contributed by atoms with Crippen molar-refractivity contribution < 1.29 is 4.79 Å². The first-order chi connectivity index (χ1) is 15.7. The highest BCUT2D eigenvalue weighted by Gasteiger charge is 2.22. The van der Waals surface area contributed by atoms with E-state index in [4.69, 9.17) is 4.98 Å². The number of piperazine rings is 1. The summed E-state index contributed by atoms with van der Waals surface area (Å²) in [6.07, 6.45) is 5.64. The van der Waals surface area contributed by atoms with Crippen LogP contribution in [0.4, 0.5) is 11.5 Å². The van der Waals surface area contributed by atoms with Crippen molar-refractivity contribution in [2.45, 2.75) is 39.0 Å². The van der Waals surface area contributed by atoms with E-state index in [1.165, 1.54) is 29.3 Å². The summed E-state index contributed by atoms with van der Waals surface area (Å²) < 4.78 is 1.27. The number of nitrogens with one attached hydrogen (secondary N) is 1. The lowest BCUT2D eigenvalue weighted by Crippen LogP contribution is -2.46. The van der Waals surface area contributed by atoms with Crippen LogP contribution in [0.1, 0.15) is 39.0 Å². The van der Waals surface area contributed by atoms with Crippen molar-refractivity contribution in [3.63, 3.8) is 0 Å². The van der Waals surface area contributed by atoms with Crippen molar-refractivity contribution in [3.05, 3.63) is 41.8 Å². The van der Waals surface area contributed by atoms with Gasteiger partial charge in [0, 0.05) is 43.3 Å². The van der Waals surface area contributed by atoms with Gasteiger partial charge < -0.3 is 15.1 Å². The molecule has 184 valence electrons. The van der Waals surface area contributed by atoms with Crippen LogP contribution in [0, 0.1) is 5.92 Å². The van der Waals surface area contributed by atoms with Crippen LogP contribution in [0.25, 0.3) is 21.3 Å². The van der Waals surface area contributed by atoms with Crippen LogP contribution in [0.15, 0.2) is 41.8 Å². The Morgan fingerprint density at radius 3 is 2.41 bits per heavy atom. The Balaban J connectivity index is 0.00000162. The molecule has 5 rings (SSSR count). The molecular weight excluding hydrogens is 487 g/mol. The third-order valence-corrected chi connectivity index (χ3v) is 7.89. The molecule has 0 atom stereocenters. The Kier molecular flexibility index (Phi) is 9.60. The van der Waals surface area contributed by atoms with E-state index >= 15 is 0 Å². The van der Waals surface area contributed by atoms with E-state index in [2.05, 4.69) is 51.7 Å². The highest BCUT2D eigenvalue weighted by Crippen LogP contribution is 2.34. The van der Waals surface area contributed by atoms with E-state index in [9.17, 15) is 4.79 Å². The van der Waals surface area contributed by atoms with Gasteiger partial charge in [0.25, 0.3) is 0 Å².